The van der Waals surface area contributed by atoms with E-state index in [1.807, 2.05) is 18.5 Å². The number of anilines is 1. The van der Waals surface area contributed by atoms with E-state index in [0.29, 0.717) is 5.41 Å². The van der Waals surface area contributed by atoms with Gasteiger partial charge >= 0.3 is 0 Å². The third kappa shape index (κ3) is 2.68. The Kier molecular flexibility index (Phi) is 3.48. The first-order valence-electron chi connectivity index (χ1n) is 9.18. The highest BCUT2D eigenvalue weighted by Crippen LogP contribution is 2.40. The lowest BCUT2D eigenvalue weighted by Crippen LogP contribution is -2.38. The van der Waals surface area contributed by atoms with Crippen LogP contribution in [0.5, 0.6) is 0 Å². The molecule has 2 aliphatic rings. The molecule has 0 radical (unpaired) electrons. The third-order valence-corrected chi connectivity index (χ3v) is 5.87. The molecule has 25 heavy (non-hydrogen) atoms. The summed E-state index contributed by atoms with van der Waals surface area (Å²) in [6, 6.07) is 10.7. The van der Waals surface area contributed by atoms with Crippen molar-refractivity contribution in [2.24, 2.45) is 5.41 Å². The van der Waals surface area contributed by atoms with Gasteiger partial charge in [-0.2, -0.15) is 0 Å². The number of benzene rings is 1. The molecule has 0 atom stereocenters. The van der Waals surface area contributed by atoms with Crippen LogP contribution in [0.25, 0.3) is 22.4 Å². The van der Waals surface area contributed by atoms with Crippen LogP contribution in [0.4, 0.5) is 5.69 Å². The van der Waals surface area contributed by atoms with Gasteiger partial charge in [0, 0.05) is 30.5 Å². The van der Waals surface area contributed by atoms with Crippen molar-refractivity contribution >= 4 is 16.9 Å². The summed E-state index contributed by atoms with van der Waals surface area (Å²) in [7, 11) is 0. The minimum atomic E-state index is 0.519. The van der Waals surface area contributed by atoms with Crippen LogP contribution in [-0.4, -0.2) is 41.1 Å². The normalized spacial score (nSPS) is 19.8. The third-order valence-electron chi connectivity index (χ3n) is 5.87. The van der Waals surface area contributed by atoms with Crippen LogP contribution in [0.15, 0.2) is 42.7 Å². The highest BCUT2D eigenvalue weighted by molar-refractivity contribution is 5.75. The molecule has 4 heterocycles. The van der Waals surface area contributed by atoms with Gasteiger partial charge in [-0.1, -0.05) is 12.1 Å². The van der Waals surface area contributed by atoms with Crippen molar-refractivity contribution in [3.05, 3.63) is 42.7 Å². The van der Waals surface area contributed by atoms with Crippen molar-refractivity contribution in [1.29, 1.82) is 0 Å². The van der Waals surface area contributed by atoms with Crippen molar-refractivity contribution in [2.45, 2.75) is 19.3 Å². The predicted octanol–water partition coefficient (Wildman–Crippen LogP) is 3.20. The van der Waals surface area contributed by atoms with Gasteiger partial charge in [0.05, 0.1) is 11.9 Å². The summed E-state index contributed by atoms with van der Waals surface area (Å²) < 4.78 is 0. The second-order valence-corrected chi connectivity index (χ2v) is 7.44. The molecule has 5 heteroatoms. The summed E-state index contributed by atoms with van der Waals surface area (Å²) in [6.07, 6.45) is 7.66. The Morgan fingerprint density at radius 1 is 1.08 bits per heavy atom. The molecule has 0 unspecified atom stereocenters. The minimum absolute atomic E-state index is 0.519. The fraction of sp³-hybridized carbons (Fsp3) is 0.400. The van der Waals surface area contributed by atoms with Crippen LogP contribution in [0.1, 0.15) is 19.3 Å². The van der Waals surface area contributed by atoms with Gasteiger partial charge in [0.25, 0.3) is 0 Å². The van der Waals surface area contributed by atoms with Crippen LogP contribution >= 0.6 is 0 Å². The van der Waals surface area contributed by atoms with Crippen molar-refractivity contribution < 1.29 is 0 Å². The van der Waals surface area contributed by atoms with E-state index in [1.54, 1.807) is 0 Å². The molecule has 128 valence electrons. The summed E-state index contributed by atoms with van der Waals surface area (Å²) in [5.41, 5.74) is 5.66. The van der Waals surface area contributed by atoms with E-state index in [1.165, 1.54) is 44.6 Å². The molecule has 2 N–H and O–H groups in total. The summed E-state index contributed by atoms with van der Waals surface area (Å²) in [5, 5.41) is 3.50. The molecule has 3 aromatic rings. The summed E-state index contributed by atoms with van der Waals surface area (Å²) >= 11 is 0. The minimum Gasteiger partial charge on any atom is -0.371 e. The average molecular weight is 333 g/mol. The Morgan fingerprint density at radius 2 is 2.00 bits per heavy atom. The SMILES string of the molecule is c1cc(-c2cnc3[nH]ccc3n2)cc(N2CCC3(CCNCC3)C2)c1. The lowest BCUT2D eigenvalue weighted by molar-refractivity contribution is 0.232. The predicted molar refractivity (Wildman–Crippen MR) is 101 cm³/mol. The van der Waals surface area contributed by atoms with Crippen molar-refractivity contribution in [3.63, 3.8) is 0 Å². The van der Waals surface area contributed by atoms with Crippen molar-refractivity contribution in [2.75, 3.05) is 31.1 Å². The first kappa shape index (κ1) is 14.9. The molecular formula is C20H23N5. The van der Waals surface area contributed by atoms with E-state index in [9.17, 15) is 0 Å². The van der Waals surface area contributed by atoms with Gasteiger partial charge in [0.2, 0.25) is 0 Å². The molecular weight excluding hydrogens is 310 g/mol. The number of rotatable bonds is 2. The van der Waals surface area contributed by atoms with E-state index in [-0.39, 0.29) is 0 Å². The van der Waals surface area contributed by atoms with Gasteiger partial charge < -0.3 is 15.2 Å². The Morgan fingerprint density at radius 3 is 2.92 bits per heavy atom. The molecule has 2 aliphatic heterocycles. The summed E-state index contributed by atoms with van der Waals surface area (Å²) in [6.45, 7) is 4.67. The Bertz CT molecular complexity index is 894. The van der Waals surface area contributed by atoms with Gasteiger partial charge in [0.15, 0.2) is 5.65 Å². The highest BCUT2D eigenvalue weighted by atomic mass is 15.2. The Balaban J connectivity index is 1.43. The molecule has 0 aliphatic carbocycles. The number of H-pyrrole nitrogens is 1. The van der Waals surface area contributed by atoms with E-state index in [0.717, 1.165) is 29.0 Å². The summed E-state index contributed by atoms with van der Waals surface area (Å²) in [4.78, 5) is 14.9. The maximum absolute atomic E-state index is 4.74. The van der Waals surface area contributed by atoms with Crippen molar-refractivity contribution in [1.82, 2.24) is 20.3 Å². The molecule has 5 nitrogen and oxygen atoms in total. The quantitative estimate of drug-likeness (QED) is 0.756. The number of fused-ring (bicyclic) bond motifs is 1. The molecule has 1 spiro atoms. The van der Waals surface area contributed by atoms with Crippen LogP contribution < -0.4 is 10.2 Å². The molecule has 0 saturated carbocycles. The lowest BCUT2D eigenvalue weighted by atomic mass is 9.78. The van der Waals surface area contributed by atoms with E-state index < -0.39 is 0 Å². The molecule has 0 amide bonds. The molecule has 5 rings (SSSR count). The number of piperidine rings is 1. The van der Waals surface area contributed by atoms with Crippen molar-refractivity contribution in [3.8, 4) is 11.3 Å². The number of hydrogen-bond acceptors (Lipinski definition) is 4. The number of aromatic nitrogens is 3. The van der Waals surface area contributed by atoms with Crippen LogP contribution in [0.2, 0.25) is 0 Å². The zero-order valence-electron chi connectivity index (χ0n) is 14.3. The van der Waals surface area contributed by atoms with E-state index >= 15 is 0 Å². The zero-order chi connectivity index (χ0) is 16.7. The topological polar surface area (TPSA) is 56.8 Å². The number of hydrogen-bond donors (Lipinski definition) is 2. The maximum atomic E-state index is 4.74. The Labute approximate surface area is 147 Å². The molecule has 2 aromatic heterocycles. The van der Waals surface area contributed by atoms with E-state index in [2.05, 4.69) is 44.5 Å². The fourth-order valence-corrected chi connectivity index (χ4v) is 4.35. The van der Waals surface area contributed by atoms with Gasteiger partial charge in [-0.15, -0.1) is 0 Å². The average Bonchev–Trinajstić information content (AvgIpc) is 3.29. The van der Waals surface area contributed by atoms with Gasteiger partial charge in [0.1, 0.15) is 5.52 Å². The number of aromatic amines is 1. The smallest absolute Gasteiger partial charge is 0.156 e. The van der Waals surface area contributed by atoms with Gasteiger partial charge in [-0.3, -0.25) is 0 Å². The lowest BCUT2D eigenvalue weighted by Gasteiger charge is -2.34. The van der Waals surface area contributed by atoms with Crippen LogP contribution in [0.3, 0.4) is 0 Å². The zero-order valence-corrected chi connectivity index (χ0v) is 14.3. The first-order valence-corrected chi connectivity index (χ1v) is 9.18. The molecule has 0 bridgehead atoms. The van der Waals surface area contributed by atoms with Crippen LogP contribution in [-0.2, 0) is 0 Å². The second kappa shape index (κ2) is 5.85. The Hall–Kier alpha value is -2.40. The largest absolute Gasteiger partial charge is 0.371 e. The number of nitrogens with zero attached hydrogens (tertiary/aromatic N) is 3. The second-order valence-electron chi connectivity index (χ2n) is 7.44. The van der Waals surface area contributed by atoms with Crippen LogP contribution in [0, 0.1) is 5.41 Å². The van der Waals surface area contributed by atoms with E-state index in [4.69, 9.17) is 4.98 Å². The standard InChI is InChI=1S/C20H23N5/c1-2-15(18-13-23-19-17(24-18)4-8-22-19)12-16(3-1)25-11-7-20(14-25)5-9-21-10-6-20/h1-4,8,12-13,21H,5-7,9-11,14H2,(H,22,23). The number of nitrogens with one attached hydrogen (secondary N) is 2. The van der Waals surface area contributed by atoms with Gasteiger partial charge in [-0.25, -0.2) is 9.97 Å². The molecule has 2 saturated heterocycles. The first-order chi connectivity index (χ1) is 12.3. The highest BCUT2D eigenvalue weighted by Gasteiger charge is 2.38. The fourth-order valence-electron chi connectivity index (χ4n) is 4.35. The molecule has 2 fully saturated rings. The van der Waals surface area contributed by atoms with Gasteiger partial charge in [-0.05, 0) is 56.0 Å². The summed E-state index contributed by atoms with van der Waals surface area (Å²) in [5.74, 6) is 0. The maximum Gasteiger partial charge on any atom is 0.156 e. The molecule has 1 aromatic carbocycles. The monoisotopic (exact) mass is 333 g/mol.